The Labute approximate surface area is 108 Å². The van der Waals surface area contributed by atoms with E-state index in [1.165, 1.54) is 6.42 Å². The molecule has 5 heteroatoms. The van der Waals surface area contributed by atoms with Crippen LogP contribution in [0.5, 0.6) is 0 Å². The van der Waals surface area contributed by atoms with Crippen LogP contribution >= 0.6 is 0 Å². The first-order valence-corrected chi connectivity index (χ1v) is 6.57. The number of aromatic nitrogens is 2. The molecule has 3 N–H and O–H groups in total. The number of rotatable bonds is 4. The molecule has 2 atom stereocenters. The summed E-state index contributed by atoms with van der Waals surface area (Å²) < 4.78 is 0. The third-order valence-electron chi connectivity index (χ3n) is 3.67. The summed E-state index contributed by atoms with van der Waals surface area (Å²) in [4.78, 5) is 8.45. The van der Waals surface area contributed by atoms with Gasteiger partial charge in [-0.2, -0.15) is 4.98 Å². The van der Waals surface area contributed by atoms with E-state index < -0.39 is 0 Å². The van der Waals surface area contributed by atoms with Gasteiger partial charge in [0.05, 0.1) is 12.1 Å². The summed E-state index contributed by atoms with van der Waals surface area (Å²) in [6.07, 6.45) is 6.10. The molecule has 1 heterocycles. The zero-order valence-corrected chi connectivity index (χ0v) is 11.1. The highest BCUT2D eigenvalue weighted by molar-refractivity contribution is 5.42. The fourth-order valence-electron chi connectivity index (χ4n) is 2.78. The van der Waals surface area contributed by atoms with E-state index in [1.54, 1.807) is 13.2 Å². The average molecular weight is 250 g/mol. The fourth-order valence-corrected chi connectivity index (χ4v) is 2.78. The molecule has 1 aliphatic carbocycles. The summed E-state index contributed by atoms with van der Waals surface area (Å²) in [7, 11) is 1.80. The molecule has 1 saturated carbocycles. The van der Waals surface area contributed by atoms with Crippen molar-refractivity contribution in [2.45, 2.75) is 38.1 Å². The number of hydrogen-bond acceptors (Lipinski definition) is 5. The molecule has 5 nitrogen and oxygen atoms in total. The Morgan fingerprint density at radius 3 is 3.06 bits per heavy atom. The second-order valence-corrected chi connectivity index (χ2v) is 5.28. The number of nitrogens with one attached hydrogen (secondary N) is 2. The normalized spacial score (nSPS) is 27.8. The zero-order chi connectivity index (χ0) is 13.0. The first-order chi connectivity index (χ1) is 8.67. The van der Waals surface area contributed by atoms with Crippen LogP contribution in [0.25, 0.3) is 0 Å². The fraction of sp³-hybridized carbons (Fsp3) is 0.692. The molecular weight excluding hydrogens is 228 g/mol. The lowest BCUT2D eigenvalue weighted by molar-refractivity contribution is 0.149. The van der Waals surface area contributed by atoms with E-state index in [4.69, 9.17) is 0 Å². The third kappa shape index (κ3) is 2.90. The van der Waals surface area contributed by atoms with Gasteiger partial charge in [-0.05, 0) is 24.8 Å². The summed E-state index contributed by atoms with van der Waals surface area (Å²) >= 11 is 0. The zero-order valence-electron chi connectivity index (χ0n) is 11.1. The van der Waals surface area contributed by atoms with Gasteiger partial charge in [0.25, 0.3) is 0 Å². The molecule has 1 fully saturated rings. The maximum atomic E-state index is 9.73. The van der Waals surface area contributed by atoms with Gasteiger partial charge < -0.3 is 15.7 Å². The van der Waals surface area contributed by atoms with Crippen LogP contribution < -0.4 is 10.6 Å². The second-order valence-electron chi connectivity index (χ2n) is 5.28. The van der Waals surface area contributed by atoms with Crippen molar-refractivity contribution in [2.75, 3.05) is 24.3 Å². The Morgan fingerprint density at radius 1 is 1.56 bits per heavy atom. The van der Waals surface area contributed by atoms with Crippen LogP contribution in [0, 0.1) is 5.92 Å². The second kappa shape index (κ2) is 5.52. The van der Waals surface area contributed by atoms with Crippen molar-refractivity contribution in [3.8, 4) is 0 Å². The highest BCUT2D eigenvalue weighted by Crippen LogP contribution is 2.34. The molecule has 1 aromatic rings. The minimum atomic E-state index is -0.225. The molecule has 2 unspecified atom stereocenters. The summed E-state index contributed by atoms with van der Waals surface area (Å²) in [6.45, 7) is 2.39. The number of hydrogen-bond donors (Lipinski definition) is 3. The van der Waals surface area contributed by atoms with Gasteiger partial charge >= 0.3 is 0 Å². The highest BCUT2D eigenvalue weighted by Gasteiger charge is 2.34. The van der Waals surface area contributed by atoms with Gasteiger partial charge in [-0.3, -0.25) is 0 Å². The molecule has 0 aliphatic heterocycles. The minimum Gasteiger partial charge on any atom is -0.394 e. The van der Waals surface area contributed by atoms with Gasteiger partial charge in [0.1, 0.15) is 5.82 Å². The van der Waals surface area contributed by atoms with Crippen LogP contribution in [0.4, 0.5) is 11.8 Å². The molecule has 0 saturated heterocycles. The summed E-state index contributed by atoms with van der Waals surface area (Å²) in [5.41, 5.74) is -0.225. The number of aliphatic hydroxyl groups is 1. The van der Waals surface area contributed by atoms with Gasteiger partial charge in [0.2, 0.25) is 5.95 Å². The van der Waals surface area contributed by atoms with Crippen LogP contribution in [0.2, 0.25) is 0 Å². The van der Waals surface area contributed by atoms with E-state index in [-0.39, 0.29) is 12.1 Å². The maximum absolute atomic E-state index is 9.73. The van der Waals surface area contributed by atoms with Crippen molar-refractivity contribution in [1.29, 1.82) is 0 Å². The first-order valence-electron chi connectivity index (χ1n) is 6.57. The molecule has 1 aliphatic rings. The van der Waals surface area contributed by atoms with Crippen LogP contribution in [-0.4, -0.2) is 34.3 Å². The molecule has 0 radical (unpaired) electrons. The van der Waals surface area contributed by atoms with Crippen molar-refractivity contribution < 1.29 is 5.11 Å². The molecular formula is C13H22N4O. The van der Waals surface area contributed by atoms with Crippen molar-refractivity contribution in [2.24, 2.45) is 5.92 Å². The average Bonchev–Trinajstić information content (AvgIpc) is 2.39. The van der Waals surface area contributed by atoms with Gasteiger partial charge in [-0.15, -0.1) is 0 Å². The summed E-state index contributed by atoms with van der Waals surface area (Å²) in [6, 6.07) is 1.84. The predicted molar refractivity (Wildman–Crippen MR) is 72.7 cm³/mol. The molecule has 2 rings (SSSR count). The minimum absolute atomic E-state index is 0.149. The Balaban J connectivity index is 2.13. The van der Waals surface area contributed by atoms with Gasteiger partial charge in [0, 0.05) is 13.2 Å². The van der Waals surface area contributed by atoms with Gasteiger partial charge in [-0.25, -0.2) is 4.98 Å². The van der Waals surface area contributed by atoms with Crippen molar-refractivity contribution in [1.82, 2.24) is 9.97 Å². The van der Waals surface area contributed by atoms with Crippen LogP contribution in [0.1, 0.15) is 32.6 Å². The molecule has 100 valence electrons. The van der Waals surface area contributed by atoms with E-state index in [0.717, 1.165) is 25.1 Å². The van der Waals surface area contributed by atoms with Crippen LogP contribution in [-0.2, 0) is 0 Å². The monoisotopic (exact) mass is 250 g/mol. The number of anilines is 2. The maximum Gasteiger partial charge on any atom is 0.224 e. The van der Waals surface area contributed by atoms with Crippen molar-refractivity contribution >= 4 is 11.8 Å². The topological polar surface area (TPSA) is 70.1 Å². The molecule has 18 heavy (non-hydrogen) atoms. The Bertz CT molecular complexity index is 398. The lowest BCUT2D eigenvalue weighted by Crippen LogP contribution is -2.46. The van der Waals surface area contributed by atoms with Crippen LogP contribution in [0.3, 0.4) is 0 Å². The third-order valence-corrected chi connectivity index (χ3v) is 3.67. The van der Waals surface area contributed by atoms with Gasteiger partial charge in [-0.1, -0.05) is 19.8 Å². The highest BCUT2D eigenvalue weighted by atomic mass is 16.3. The quantitative estimate of drug-likeness (QED) is 0.761. The lowest BCUT2D eigenvalue weighted by atomic mass is 9.77. The summed E-state index contributed by atoms with van der Waals surface area (Å²) in [5.74, 6) is 2.01. The molecule has 1 aromatic heterocycles. The van der Waals surface area contributed by atoms with E-state index in [1.807, 2.05) is 6.07 Å². The van der Waals surface area contributed by atoms with E-state index in [9.17, 15) is 5.11 Å². The number of nitrogens with zero attached hydrogens (tertiary/aromatic N) is 2. The SMILES string of the molecule is CNc1nccc(NC2(CO)CCCC(C)C2)n1. The van der Waals surface area contributed by atoms with E-state index in [0.29, 0.717) is 11.9 Å². The lowest BCUT2D eigenvalue weighted by Gasteiger charge is -2.39. The largest absolute Gasteiger partial charge is 0.394 e. The molecule has 0 aromatic carbocycles. The Kier molecular flexibility index (Phi) is 4.01. The Morgan fingerprint density at radius 2 is 2.39 bits per heavy atom. The van der Waals surface area contributed by atoms with E-state index >= 15 is 0 Å². The first kappa shape index (κ1) is 13.1. The van der Waals surface area contributed by atoms with Crippen molar-refractivity contribution in [3.05, 3.63) is 12.3 Å². The number of aliphatic hydroxyl groups excluding tert-OH is 1. The standard InChI is InChI=1S/C13H22N4O/c1-10-4-3-6-13(8-10,9-18)17-11-5-7-15-12(14-2)16-11/h5,7,10,18H,3-4,6,8-9H2,1-2H3,(H2,14,15,16,17). The van der Waals surface area contributed by atoms with E-state index in [2.05, 4.69) is 27.5 Å². The molecule has 0 bridgehead atoms. The van der Waals surface area contributed by atoms with Gasteiger partial charge in [0.15, 0.2) is 0 Å². The Hall–Kier alpha value is -1.36. The molecule has 0 amide bonds. The smallest absolute Gasteiger partial charge is 0.224 e. The van der Waals surface area contributed by atoms with Crippen LogP contribution in [0.15, 0.2) is 12.3 Å². The molecule has 0 spiro atoms. The predicted octanol–water partition coefficient (Wildman–Crippen LogP) is 1.87. The van der Waals surface area contributed by atoms with Crippen molar-refractivity contribution in [3.63, 3.8) is 0 Å². The summed E-state index contributed by atoms with van der Waals surface area (Å²) in [5, 5.41) is 16.1.